The van der Waals surface area contributed by atoms with Crippen molar-refractivity contribution in [3.8, 4) is 51.0 Å². The van der Waals surface area contributed by atoms with Crippen molar-refractivity contribution in [1.29, 1.82) is 0 Å². The molecule has 0 aliphatic heterocycles. The highest BCUT2D eigenvalue weighted by atomic mass is 32.1. The summed E-state index contributed by atoms with van der Waals surface area (Å²) in [5, 5.41) is 9.63. The van der Waals surface area contributed by atoms with Crippen molar-refractivity contribution in [3.05, 3.63) is 194 Å². The topological polar surface area (TPSA) is 56.7 Å². The maximum atomic E-state index is 6.56. The van der Waals surface area contributed by atoms with Gasteiger partial charge in [0.15, 0.2) is 17.5 Å². The highest BCUT2D eigenvalue weighted by Gasteiger charge is 2.23. The van der Waals surface area contributed by atoms with Gasteiger partial charge in [0.05, 0.1) is 15.7 Å². The SMILES string of the molecule is c1ccc(-c2nc(-c3ccccc3)nc(-c3cccc4oc5ccc(-c6ccc7c(c6)c6c8ccccc8c8c9ccccc9sc8c6n7-c6ccccc6)cc5c34)n2)cc1. The maximum absolute atomic E-state index is 6.56. The summed E-state index contributed by atoms with van der Waals surface area (Å²) < 4.78 is 11.6. The Labute approximate surface area is 353 Å². The molecule has 0 N–H and O–H groups in total. The van der Waals surface area contributed by atoms with Crippen molar-refractivity contribution in [2.24, 2.45) is 0 Å². The minimum atomic E-state index is 0.598. The Kier molecular flexibility index (Phi) is 7.41. The zero-order valence-electron chi connectivity index (χ0n) is 32.6. The van der Waals surface area contributed by atoms with Gasteiger partial charge in [0.1, 0.15) is 11.2 Å². The van der Waals surface area contributed by atoms with Gasteiger partial charge in [-0.15, -0.1) is 11.3 Å². The molecule has 284 valence electrons. The maximum Gasteiger partial charge on any atom is 0.164 e. The summed E-state index contributed by atoms with van der Waals surface area (Å²) in [6.45, 7) is 0. The molecular weight excluding hydrogens is 765 g/mol. The molecule has 9 aromatic carbocycles. The van der Waals surface area contributed by atoms with Crippen LogP contribution in [0.25, 0.3) is 126 Å². The predicted molar refractivity (Wildman–Crippen MR) is 254 cm³/mol. The molecule has 0 amide bonds. The van der Waals surface area contributed by atoms with Gasteiger partial charge in [0.25, 0.3) is 0 Å². The number of furan rings is 1. The van der Waals surface area contributed by atoms with E-state index in [1.54, 1.807) is 0 Å². The lowest BCUT2D eigenvalue weighted by atomic mass is 9.96. The number of rotatable bonds is 5. The van der Waals surface area contributed by atoms with Crippen LogP contribution in [0, 0.1) is 0 Å². The molecular formula is C55H32N4OS. The molecule has 4 heterocycles. The number of aromatic nitrogens is 4. The van der Waals surface area contributed by atoms with Gasteiger partial charge in [-0.05, 0) is 70.4 Å². The first kappa shape index (κ1) is 34.0. The van der Waals surface area contributed by atoms with Crippen LogP contribution in [0.1, 0.15) is 0 Å². The summed E-state index contributed by atoms with van der Waals surface area (Å²) in [5.74, 6) is 1.85. The number of fused-ring (bicyclic) bond motifs is 13. The zero-order valence-corrected chi connectivity index (χ0v) is 33.4. The molecule has 0 spiro atoms. The first-order valence-electron chi connectivity index (χ1n) is 20.4. The predicted octanol–water partition coefficient (Wildman–Crippen LogP) is 15.1. The summed E-state index contributed by atoms with van der Waals surface area (Å²) in [7, 11) is 0. The second-order valence-electron chi connectivity index (χ2n) is 15.5. The second-order valence-corrected chi connectivity index (χ2v) is 16.6. The fourth-order valence-electron chi connectivity index (χ4n) is 9.32. The fourth-order valence-corrected chi connectivity index (χ4v) is 10.6. The molecule has 0 saturated heterocycles. The first-order valence-corrected chi connectivity index (χ1v) is 21.3. The molecule has 13 aromatic rings. The van der Waals surface area contributed by atoms with E-state index in [2.05, 4.69) is 126 Å². The number of benzene rings is 9. The monoisotopic (exact) mass is 796 g/mol. The van der Waals surface area contributed by atoms with Crippen LogP contribution in [0.4, 0.5) is 0 Å². The second kappa shape index (κ2) is 13.3. The molecule has 0 bridgehead atoms. The van der Waals surface area contributed by atoms with Crippen molar-refractivity contribution >= 4 is 86.0 Å². The van der Waals surface area contributed by atoms with E-state index < -0.39 is 0 Å². The lowest BCUT2D eigenvalue weighted by molar-refractivity contribution is 0.669. The molecule has 4 aromatic heterocycles. The highest BCUT2D eigenvalue weighted by molar-refractivity contribution is 7.27. The van der Waals surface area contributed by atoms with E-state index in [0.717, 1.165) is 55.4 Å². The van der Waals surface area contributed by atoms with Crippen LogP contribution >= 0.6 is 11.3 Å². The highest BCUT2D eigenvalue weighted by Crippen LogP contribution is 2.48. The normalized spacial score (nSPS) is 11.9. The molecule has 0 aliphatic rings. The minimum absolute atomic E-state index is 0.598. The molecule has 0 atom stereocenters. The molecule has 0 fully saturated rings. The summed E-state index contributed by atoms with van der Waals surface area (Å²) in [5.41, 5.74) is 10.2. The molecule has 0 unspecified atom stereocenters. The van der Waals surface area contributed by atoms with E-state index in [1.807, 2.05) is 84.1 Å². The zero-order chi connectivity index (χ0) is 40.0. The Balaban J connectivity index is 1.05. The Morgan fingerprint density at radius 1 is 0.393 bits per heavy atom. The standard InChI is InChI=1S/C55H32N4OS/c1-4-15-33(16-5-1)53-56-54(34-17-6-2-7-18-34)58-55(57-53)41-24-14-25-46-48(41)43-32-36(28-30-45(43)60-46)35-27-29-44-42(31-35)49-38-21-10-11-22-39(38)50-40-23-12-13-26-47(40)61-52(50)51(49)59(44)37-19-8-3-9-20-37/h1-32H. The van der Waals surface area contributed by atoms with Crippen molar-refractivity contribution in [2.75, 3.05) is 0 Å². The number of thiophene rings is 1. The molecule has 0 aliphatic carbocycles. The van der Waals surface area contributed by atoms with E-state index >= 15 is 0 Å². The molecule has 0 saturated carbocycles. The van der Waals surface area contributed by atoms with E-state index in [9.17, 15) is 0 Å². The van der Waals surface area contributed by atoms with Crippen LogP contribution < -0.4 is 0 Å². The number of para-hydroxylation sites is 1. The summed E-state index contributed by atoms with van der Waals surface area (Å²) in [6.07, 6.45) is 0. The van der Waals surface area contributed by atoms with Crippen LogP contribution in [-0.4, -0.2) is 19.5 Å². The number of hydrogen-bond acceptors (Lipinski definition) is 5. The molecule has 61 heavy (non-hydrogen) atoms. The van der Waals surface area contributed by atoms with Gasteiger partial charge >= 0.3 is 0 Å². The smallest absolute Gasteiger partial charge is 0.164 e. The van der Waals surface area contributed by atoms with Gasteiger partial charge < -0.3 is 8.98 Å². The van der Waals surface area contributed by atoms with E-state index in [4.69, 9.17) is 19.4 Å². The quantitative estimate of drug-likeness (QED) is 0.174. The molecule has 13 rings (SSSR count). The largest absolute Gasteiger partial charge is 0.456 e. The third-order valence-electron chi connectivity index (χ3n) is 12.0. The Morgan fingerprint density at radius 2 is 0.984 bits per heavy atom. The van der Waals surface area contributed by atoms with Crippen LogP contribution in [0.2, 0.25) is 0 Å². The first-order chi connectivity index (χ1) is 30.2. The summed E-state index contributed by atoms with van der Waals surface area (Å²) >= 11 is 1.89. The Hall–Kier alpha value is -7.93. The Bertz CT molecular complexity index is 3810. The van der Waals surface area contributed by atoms with Gasteiger partial charge in [0, 0.05) is 59.4 Å². The summed E-state index contributed by atoms with van der Waals surface area (Å²) in [4.78, 5) is 15.2. The van der Waals surface area contributed by atoms with Crippen molar-refractivity contribution in [3.63, 3.8) is 0 Å². The fraction of sp³-hybridized carbons (Fsp3) is 0. The van der Waals surface area contributed by atoms with Gasteiger partial charge in [0.2, 0.25) is 0 Å². The average molecular weight is 797 g/mol. The number of hydrogen-bond donors (Lipinski definition) is 0. The van der Waals surface area contributed by atoms with Crippen LogP contribution in [0.5, 0.6) is 0 Å². The lowest BCUT2D eigenvalue weighted by Gasteiger charge is -2.10. The van der Waals surface area contributed by atoms with E-state index in [1.165, 1.54) is 52.8 Å². The van der Waals surface area contributed by atoms with Crippen molar-refractivity contribution in [1.82, 2.24) is 19.5 Å². The molecule has 5 nitrogen and oxygen atoms in total. The van der Waals surface area contributed by atoms with Crippen LogP contribution in [-0.2, 0) is 0 Å². The lowest BCUT2D eigenvalue weighted by Crippen LogP contribution is -2.00. The van der Waals surface area contributed by atoms with Crippen molar-refractivity contribution in [2.45, 2.75) is 0 Å². The van der Waals surface area contributed by atoms with Crippen LogP contribution in [0.15, 0.2) is 199 Å². The van der Waals surface area contributed by atoms with E-state index in [0.29, 0.717) is 17.5 Å². The van der Waals surface area contributed by atoms with Gasteiger partial charge in [-0.1, -0.05) is 146 Å². The molecule has 0 radical (unpaired) electrons. The van der Waals surface area contributed by atoms with Gasteiger partial charge in [-0.3, -0.25) is 0 Å². The Morgan fingerprint density at radius 3 is 1.70 bits per heavy atom. The van der Waals surface area contributed by atoms with Crippen molar-refractivity contribution < 1.29 is 4.42 Å². The van der Waals surface area contributed by atoms with Gasteiger partial charge in [-0.25, -0.2) is 15.0 Å². The van der Waals surface area contributed by atoms with E-state index in [-0.39, 0.29) is 0 Å². The van der Waals surface area contributed by atoms with Crippen LogP contribution in [0.3, 0.4) is 0 Å². The minimum Gasteiger partial charge on any atom is -0.456 e. The molecule has 6 heteroatoms. The summed E-state index contributed by atoms with van der Waals surface area (Å²) in [6, 6.07) is 68.4. The number of nitrogens with zero attached hydrogens (tertiary/aromatic N) is 4. The van der Waals surface area contributed by atoms with Gasteiger partial charge in [-0.2, -0.15) is 0 Å². The third-order valence-corrected chi connectivity index (χ3v) is 13.2. The average Bonchev–Trinajstić information content (AvgIpc) is 4.02. The third kappa shape index (κ3) is 5.22.